The van der Waals surface area contributed by atoms with E-state index in [0.29, 0.717) is 5.56 Å². The highest BCUT2D eigenvalue weighted by atomic mass is 32.1. The summed E-state index contributed by atoms with van der Waals surface area (Å²) in [6, 6.07) is 12.4. The van der Waals surface area contributed by atoms with E-state index in [9.17, 15) is 24.0 Å². The first kappa shape index (κ1) is 28.2. The SMILES string of the molecule is CC(=O)CNC(=O)N(C(=O)NCC(C)=O)c1ccc(C(=O)/C=C/c2cc(C)c(C)c(-c3cccs3)c2)cc1. The van der Waals surface area contributed by atoms with Gasteiger partial charge in [0.05, 0.1) is 18.8 Å². The Morgan fingerprint density at radius 3 is 2.00 bits per heavy atom. The highest BCUT2D eigenvalue weighted by Crippen LogP contribution is 2.31. The van der Waals surface area contributed by atoms with Gasteiger partial charge in [0.15, 0.2) is 5.78 Å². The van der Waals surface area contributed by atoms with Gasteiger partial charge in [0.1, 0.15) is 11.6 Å². The first-order valence-corrected chi connectivity index (χ1v) is 12.8. The van der Waals surface area contributed by atoms with E-state index in [2.05, 4.69) is 29.7 Å². The van der Waals surface area contributed by atoms with E-state index in [4.69, 9.17) is 0 Å². The van der Waals surface area contributed by atoms with Gasteiger partial charge in [-0.15, -0.1) is 11.3 Å². The molecule has 196 valence electrons. The molecule has 9 heteroatoms. The number of ketones is 3. The number of urea groups is 2. The minimum atomic E-state index is -0.837. The van der Waals surface area contributed by atoms with Crippen LogP contribution in [0.15, 0.2) is 60.0 Å². The van der Waals surface area contributed by atoms with Crippen molar-refractivity contribution in [3.8, 4) is 10.4 Å². The van der Waals surface area contributed by atoms with Crippen LogP contribution in [-0.2, 0) is 9.59 Å². The summed E-state index contributed by atoms with van der Waals surface area (Å²) in [5.41, 5.74) is 4.87. The molecule has 2 aromatic carbocycles. The first-order valence-electron chi connectivity index (χ1n) is 11.9. The molecule has 8 nitrogen and oxygen atoms in total. The molecule has 0 spiro atoms. The fourth-order valence-corrected chi connectivity index (χ4v) is 4.40. The lowest BCUT2D eigenvalue weighted by Crippen LogP contribution is -2.50. The van der Waals surface area contributed by atoms with E-state index < -0.39 is 12.1 Å². The van der Waals surface area contributed by atoms with E-state index in [1.807, 2.05) is 24.4 Å². The molecule has 1 heterocycles. The number of rotatable bonds is 9. The zero-order valence-corrected chi connectivity index (χ0v) is 22.5. The maximum absolute atomic E-state index is 12.9. The summed E-state index contributed by atoms with van der Waals surface area (Å²) in [7, 11) is 0. The van der Waals surface area contributed by atoms with Crippen molar-refractivity contribution in [2.45, 2.75) is 27.7 Å². The maximum Gasteiger partial charge on any atom is 0.330 e. The molecule has 0 aliphatic heterocycles. The molecule has 0 bridgehead atoms. The molecule has 0 radical (unpaired) electrons. The highest BCUT2D eigenvalue weighted by Gasteiger charge is 2.24. The van der Waals surface area contributed by atoms with Crippen molar-refractivity contribution in [1.82, 2.24) is 10.6 Å². The van der Waals surface area contributed by atoms with Crippen molar-refractivity contribution >= 4 is 52.5 Å². The van der Waals surface area contributed by atoms with Gasteiger partial charge < -0.3 is 10.6 Å². The van der Waals surface area contributed by atoms with Crippen molar-refractivity contribution in [3.63, 3.8) is 0 Å². The molecule has 2 N–H and O–H groups in total. The Bertz CT molecular complexity index is 1360. The number of nitrogens with zero attached hydrogens (tertiary/aromatic N) is 1. The summed E-state index contributed by atoms with van der Waals surface area (Å²) < 4.78 is 0. The fraction of sp³-hybridized carbons (Fsp3) is 0.207. The number of hydrogen-bond donors (Lipinski definition) is 2. The fourth-order valence-electron chi connectivity index (χ4n) is 3.60. The number of anilines is 1. The molecule has 0 fully saturated rings. The van der Waals surface area contributed by atoms with E-state index in [0.717, 1.165) is 26.5 Å². The van der Waals surface area contributed by atoms with Gasteiger partial charge in [-0.3, -0.25) is 14.4 Å². The summed E-state index contributed by atoms with van der Waals surface area (Å²) in [5, 5.41) is 6.75. The summed E-state index contributed by atoms with van der Waals surface area (Å²) in [5.74, 6) is -0.830. The van der Waals surface area contributed by atoms with E-state index in [1.54, 1.807) is 17.4 Å². The largest absolute Gasteiger partial charge is 0.330 e. The van der Waals surface area contributed by atoms with Crippen molar-refractivity contribution in [1.29, 1.82) is 0 Å². The Morgan fingerprint density at radius 1 is 0.868 bits per heavy atom. The molecule has 0 atom stereocenters. The second-order valence-corrected chi connectivity index (χ2v) is 9.74. The quantitative estimate of drug-likeness (QED) is 0.286. The number of carbonyl (C=O) groups is 5. The molecule has 0 aliphatic rings. The van der Waals surface area contributed by atoms with Crippen LogP contribution in [0.4, 0.5) is 15.3 Å². The molecular formula is C29H29N3O5S. The monoisotopic (exact) mass is 531 g/mol. The lowest BCUT2D eigenvalue weighted by atomic mass is 9.98. The second-order valence-electron chi connectivity index (χ2n) is 8.79. The first-order chi connectivity index (χ1) is 18.1. The number of benzene rings is 2. The van der Waals surface area contributed by atoms with Crippen LogP contribution in [0.5, 0.6) is 0 Å². The van der Waals surface area contributed by atoms with Crippen molar-refractivity contribution in [2.24, 2.45) is 0 Å². The third-order valence-corrected chi connectivity index (χ3v) is 6.60. The number of allylic oxidation sites excluding steroid dienone is 1. The topological polar surface area (TPSA) is 113 Å². The van der Waals surface area contributed by atoms with Crippen molar-refractivity contribution in [3.05, 3.63) is 82.2 Å². The summed E-state index contributed by atoms with van der Waals surface area (Å²) in [6.07, 6.45) is 3.24. The lowest BCUT2D eigenvalue weighted by molar-refractivity contribution is -0.116. The minimum Gasteiger partial charge on any atom is -0.330 e. The Hall–Kier alpha value is -4.37. The third kappa shape index (κ3) is 7.33. The smallest absolute Gasteiger partial charge is 0.330 e. The van der Waals surface area contributed by atoms with Crippen LogP contribution in [0.1, 0.15) is 40.9 Å². The number of carbonyl (C=O) groups excluding carboxylic acids is 5. The van der Waals surface area contributed by atoms with Gasteiger partial charge >= 0.3 is 12.1 Å². The van der Waals surface area contributed by atoms with Crippen LogP contribution in [-0.4, -0.2) is 42.5 Å². The average molecular weight is 532 g/mol. The molecular weight excluding hydrogens is 502 g/mol. The Balaban J connectivity index is 1.80. The standard InChI is InChI=1S/C29H29N3O5S/c1-18-14-22(15-25(21(18)4)27-6-5-13-38-27)7-12-26(35)23-8-10-24(11-9-23)32(28(36)30-16-19(2)33)29(37)31-17-20(3)34/h5-15H,16-17H2,1-4H3,(H,30,36)(H,31,37)/b12-7+. The van der Waals surface area contributed by atoms with Gasteiger partial charge in [-0.25, -0.2) is 14.5 Å². The molecule has 3 aromatic rings. The molecule has 0 saturated carbocycles. The maximum atomic E-state index is 12.9. The van der Waals surface area contributed by atoms with Crippen molar-refractivity contribution in [2.75, 3.05) is 18.0 Å². The van der Waals surface area contributed by atoms with E-state index >= 15 is 0 Å². The van der Waals surface area contributed by atoms with E-state index in [-0.39, 0.29) is 36.1 Å². The van der Waals surface area contributed by atoms with Crippen LogP contribution in [0.3, 0.4) is 0 Å². The number of Topliss-reactive ketones (excluding diaryl/α,β-unsaturated/α-hetero) is 2. The van der Waals surface area contributed by atoms with Gasteiger partial charge in [-0.1, -0.05) is 18.2 Å². The normalized spacial score (nSPS) is 10.7. The van der Waals surface area contributed by atoms with E-state index in [1.165, 1.54) is 49.8 Å². The zero-order chi connectivity index (χ0) is 27.8. The third-order valence-electron chi connectivity index (χ3n) is 5.70. The van der Waals surface area contributed by atoms with Crippen LogP contribution in [0.25, 0.3) is 16.5 Å². The number of imide groups is 1. The molecule has 0 aliphatic carbocycles. The number of aryl methyl sites for hydroxylation is 1. The number of nitrogens with one attached hydrogen (secondary N) is 2. The average Bonchev–Trinajstić information content (AvgIpc) is 3.42. The number of amides is 4. The van der Waals surface area contributed by atoms with Gasteiger partial charge in [0.25, 0.3) is 0 Å². The second kappa shape index (κ2) is 12.7. The molecule has 4 amide bonds. The molecule has 1 aromatic heterocycles. The Kier molecular flexibility index (Phi) is 9.45. The number of hydrogen-bond acceptors (Lipinski definition) is 6. The predicted octanol–water partition coefficient (Wildman–Crippen LogP) is 5.33. The molecule has 3 rings (SSSR count). The predicted molar refractivity (Wildman–Crippen MR) is 150 cm³/mol. The molecule has 0 saturated heterocycles. The molecule has 38 heavy (non-hydrogen) atoms. The van der Waals surface area contributed by atoms with Crippen LogP contribution in [0, 0.1) is 13.8 Å². The van der Waals surface area contributed by atoms with Gasteiger partial charge in [0.2, 0.25) is 0 Å². The Morgan fingerprint density at radius 2 is 1.47 bits per heavy atom. The Labute approximate surface area is 225 Å². The van der Waals surface area contributed by atoms with Gasteiger partial charge in [-0.05, 0) is 97.8 Å². The summed E-state index contributed by atoms with van der Waals surface area (Å²) in [6.45, 7) is 6.20. The number of thiophene rings is 1. The van der Waals surface area contributed by atoms with Gasteiger partial charge in [0, 0.05) is 10.4 Å². The summed E-state index contributed by atoms with van der Waals surface area (Å²) in [4.78, 5) is 62.6. The van der Waals surface area contributed by atoms with Crippen LogP contribution >= 0.6 is 11.3 Å². The zero-order valence-electron chi connectivity index (χ0n) is 21.7. The van der Waals surface area contributed by atoms with Gasteiger partial charge in [-0.2, -0.15) is 0 Å². The highest BCUT2D eigenvalue weighted by molar-refractivity contribution is 7.13. The molecule has 0 unspecified atom stereocenters. The van der Waals surface area contributed by atoms with Crippen molar-refractivity contribution < 1.29 is 24.0 Å². The summed E-state index contributed by atoms with van der Waals surface area (Å²) >= 11 is 1.66. The lowest BCUT2D eigenvalue weighted by Gasteiger charge is -2.21. The minimum absolute atomic E-state index is 0.169. The van der Waals surface area contributed by atoms with Crippen LogP contribution < -0.4 is 15.5 Å². The van der Waals surface area contributed by atoms with Crippen LogP contribution in [0.2, 0.25) is 0 Å².